The molecule has 1 aromatic carbocycles. The Hall–Kier alpha value is -4.68. The molecule has 0 aliphatic carbocycles. The average molecular weight is 666 g/mol. The molecule has 48 heavy (non-hydrogen) atoms. The third-order valence-corrected chi connectivity index (χ3v) is 7.38. The number of nitrogens with zero attached hydrogens (tertiary/aromatic N) is 5. The van der Waals surface area contributed by atoms with E-state index in [1.165, 1.54) is 0 Å². The molecule has 3 amide bonds. The van der Waals surface area contributed by atoms with E-state index in [0.717, 1.165) is 16.7 Å². The first-order valence-corrected chi connectivity index (χ1v) is 16.1. The van der Waals surface area contributed by atoms with Gasteiger partial charge in [-0.2, -0.15) is 10.00 Å². The van der Waals surface area contributed by atoms with Crippen molar-refractivity contribution in [2.75, 3.05) is 18.0 Å². The van der Waals surface area contributed by atoms with E-state index < -0.39 is 40.6 Å². The van der Waals surface area contributed by atoms with Crippen molar-refractivity contribution in [2.24, 2.45) is 0 Å². The summed E-state index contributed by atoms with van der Waals surface area (Å²) in [5.74, 6) is -0.00771. The molecule has 2 aromatic heterocycles. The Kier molecular flexibility index (Phi) is 10.4. The minimum atomic E-state index is -1.01. The number of fused-ring (bicyclic) bond motifs is 1. The van der Waals surface area contributed by atoms with Crippen LogP contribution in [0.4, 0.5) is 20.2 Å². The molecule has 0 N–H and O–H groups in total. The van der Waals surface area contributed by atoms with E-state index in [9.17, 15) is 19.2 Å². The van der Waals surface area contributed by atoms with Crippen LogP contribution in [0.25, 0.3) is 10.9 Å². The first-order valence-electron chi connectivity index (χ1n) is 16.1. The monoisotopic (exact) mass is 665 g/mol. The van der Waals surface area contributed by atoms with Crippen LogP contribution in [0, 0.1) is 0 Å². The third kappa shape index (κ3) is 8.81. The highest BCUT2D eigenvalue weighted by Gasteiger charge is 2.43. The predicted octanol–water partition coefficient (Wildman–Crippen LogP) is 7.00. The number of benzene rings is 1. The second-order valence-corrected chi connectivity index (χ2v) is 14.9. The van der Waals surface area contributed by atoms with Gasteiger partial charge in [0.25, 0.3) is 0 Å². The number of aromatic nitrogens is 3. The standard InChI is InChI=1S/C35H47N5O8/c1-32(2,3)46-29(42)38-20-16-35(17-21-38,18-22-41)40-25-15-19-36-28(45-23-24-13-11-10-12-14-24)26(25)27(37-40)39(30(43)47-33(4,5)6)31(44)48-34(7,8)9/h10-15,19,22H,16-18,20-21,23H2,1-9H3. The molecule has 0 saturated carbocycles. The normalized spacial score (nSPS) is 15.1. The molecule has 13 nitrogen and oxygen atoms in total. The summed E-state index contributed by atoms with van der Waals surface area (Å²) < 4.78 is 24.8. The van der Waals surface area contributed by atoms with Crippen LogP contribution in [-0.4, -0.2) is 74.1 Å². The van der Waals surface area contributed by atoms with Crippen LogP contribution in [0.15, 0.2) is 42.6 Å². The molecule has 0 unspecified atom stereocenters. The predicted molar refractivity (Wildman–Crippen MR) is 179 cm³/mol. The number of piperidine rings is 1. The van der Waals surface area contributed by atoms with E-state index in [1.54, 1.807) is 84.2 Å². The summed E-state index contributed by atoms with van der Waals surface area (Å²) in [4.78, 5) is 59.6. The van der Waals surface area contributed by atoms with Gasteiger partial charge in [-0.15, -0.1) is 0 Å². The van der Waals surface area contributed by atoms with Gasteiger partial charge < -0.3 is 28.6 Å². The van der Waals surface area contributed by atoms with Gasteiger partial charge in [-0.3, -0.25) is 4.68 Å². The Morgan fingerprint density at radius 2 is 1.42 bits per heavy atom. The number of hydrogen-bond donors (Lipinski definition) is 0. The summed E-state index contributed by atoms with van der Waals surface area (Å²) in [5, 5.41) is 5.13. The van der Waals surface area contributed by atoms with E-state index in [-0.39, 0.29) is 43.2 Å². The fraction of sp³-hybridized carbons (Fsp3) is 0.543. The van der Waals surface area contributed by atoms with Gasteiger partial charge in [-0.1, -0.05) is 30.3 Å². The SMILES string of the molecule is CC(C)(C)OC(=O)N1CCC(CC=O)(n2nc(N(C(=O)OC(C)(C)C)C(=O)OC(C)(C)C)c3c(OCc4ccccc4)nccc32)CC1. The molecule has 260 valence electrons. The summed E-state index contributed by atoms with van der Waals surface area (Å²) >= 11 is 0. The minimum absolute atomic E-state index is 0.0484. The Morgan fingerprint density at radius 3 is 1.94 bits per heavy atom. The number of anilines is 1. The maximum Gasteiger partial charge on any atom is 0.425 e. The number of rotatable bonds is 7. The van der Waals surface area contributed by atoms with E-state index in [2.05, 4.69) is 4.98 Å². The minimum Gasteiger partial charge on any atom is -0.472 e. The number of amides is 3. The fourth-order valence-electron chi connectivity index (χ4n) is 5.32. The number of hydrogen-bond acceptors (Lipinski definition) is 10. The van der Waals surface area contributed by atoms with Crippen molar-refractivity contribution in [2.45, 2.75) is 111 Å². The zero-order chi connectivity index (χ0) is 35.5. The van der Waals surface area contributed by atoms with E-state index in [4.69, 9.17) is 24.0 Å². The summed E-state index contributed by atoms with van der Waals surface area (Å²) in [6, 6.07) is 11.2. The molecular formula is C35H47N5O8. The molecule has 0 atom stereocenters. The number of pyridine rings is 1. The zero-order valence-corrected chi connectivity index (χ0v) is 29.4. The van der Waals surface area contributed by atoms with Crippen LogP contribution in [0.2, 0.25) is 0 Å². The number of aldehydes is 1. The van der Waals surface area contributed by atoms with Gasteiger partial charge in [0.15, 0.2) is 5.82 Å². The number of carbonyl (C=O) groups excluding carboxylic acids is 4. The summed E-state index contributed by atoms with van der Waals surface area (Å²) in [7, 11) is 0. The lowest BCUT2D eigenvalue weighted by Gasteiger charge is -2.41. The van der Waals surface area contributed by atoms with Crippen LogP contribution in [0.5, 0.6) is 5.88 Å². The van der Waals surface area contributed by atoms with Gasteiger partial charge in [0.05, 0.1) is 11.1 Å². The molecule has 1 saturated heterocycles. The molecule has 1 aliphatic rings. The Balaban J connectivity index is 1.89. The first-order chi connectivity index (χ1) is 22.3. The van der Waals surface area contributed by atoms with E-state index in [0.29, 0.717) is 18.4 Å². The van der Waals surface area contributed by atoms with Gasteiger partial charge in [0, 0.05) is 25.7 Å². The van der Waals surface area contributed by atoms with Crippen LogP contribution in [0.3, 0.4) is 0 Å². The lowest BCUT2D eigenvalue weighted by molar-refractivity contribution is -0.110. The molecule has 0 radical (unpaired) electrons. The van der Waals surface area contributed by atoms with E-state index >= 15 is 0 Å². The van der Waals surface area contributed by atoms with Crippen molar-refractivity contribution < 1.29 is 38.1 Å². The van der Waals surface area contributed by atoms with Gasteiger partial charge in [0.2, 0.25) is 5.88 Å². The van der Waals surface area contributed by atoms with Crippen LogP contribution >= 0.6 is 0 Å². The molecule has 13 heteroatoms. The summed E-state index contributed by atoms with van der Waals surface area (Å²) in [5.41, 5.74) is -2.19. The Bertz CT molecular complexity index is 1600. The average Bonchev–Trinajstić information content (AvgIpc) is 3.35. The van der Waals surface area contributed by atoms with Crippen molar-refractivity contribution in [1.29, 1.82) is 0 Å². The topological polar surface area (TPSA) is 142 Å². The number of likely N-dealkylation sites (tertiary alicyclic amines) is 1. The zero-order valence-electron chi connectivity index (χ0n) is 29.4. The number of carbonyl (C=O) groups is 4. The van der Waals surface area contributed by atoms with Gasteiger partial charge in [-0.25, -0.2) is 19.4 Å². The lowest BCUT2D eigenvalue weighted by atomic mass is 9.85. The van der Waals surface area contributed by atoms with Crippen LogP contribution < -0.4 is 9.64 Å². The summed E-state index contributed by atoms with van der Waals surface area (Å²) in [6.45, 7) is 16.2. The van der Waals surface area contributed by atoms with Crippen molar-refractivity contribution in [1.82, 2.24) is 19.7 Å². The maximum absolute atomic E-state index is 13.8. The molecule has 3 heterocycles. The third-order valence-electron chi connectivity index (χ3n) is 7.38. The van der Waals surface area contributed by atoms with Crippen molar-refractivity contribution >= 4 is 41.3 Å². The second-order valence-electron chi connectivity index (χ2n) is 14.9. The first kappa shape index (κ1) is 36.2. The van der Waals surface area contributed by atoms with Gasteiger partial charge >= 0.3 is 18.3 Å². The van der Waals surface area contributed by atoms with E-state index in [1.807, 2.05) is 30.3 Å². The highest BCUT2D eigenvalue weighted by atomic mass is 16.6. The summed E-state index contributed by atoms with van der Waals surface area (Å²) in [6.07, 6.45) is 0.605. The fourth-order valence-corrected chi connectivity index (χ4v) is 5.32. The van der Waals surface area contributed by atoms with Gasteiger partial charge in [-0.05, 0) is 86.8 Å². The van der Waals surface area contributed by atoms with Gasteiger partial charge in [0.1, 0.15) is 35.1 Å². The molecule has 4 rings (SSSR count). The van der Waals surface area contributed by atoms with Crippen molar-refractivity contribution in [3.05, 3.63) is 48.2 Å². The molecular weight excluding hydrogens is 618 g/mol. The molecule has 0 spiro atoms. The van der Waals surface area contributed by atoms with Crippen molar-refractivity contribution in [3.8, 4) is 5.88 Å². The largest absolute Gasteiger partial charge is 0.472 e. The quantitative estimate of drug-likeness (QED) is 0.191. The van der Waals surface area contributed by atoms with Crippen LogP contribution in [-0.2, 0) is 31.2 Å². The smallest absolute Gasteiger partial charge is 0.425 e. The number of imide groups is 1. The second kappa shape index (κ2) is 13.8. The lowest BCUT2D eigenvalue weighted by Crippen LogP contribution is -2.50. The molecule has 1 fully saturated rings. The Labute approximate surface area is 281 Å². The molecule has 0 bridgehead atoms. The Morgan fingerprint density at radius 1 is 0.854 bits per heavy atom. The highest BCUT2D eigenvalue weighted by Crippen LogP contribution is 2.42. The molecule has 1 aliphatic heterocycles. The maximum atomic E-state index is 13.8. The number of ether oxygens (including phenoxy) is 4. The molecule has 3 aromatic rings. The highest BCUT2D eigenvalue weighted by molar-refractivity contribution is 6.14. The van der Waals surface area contributed by atoms with Crippen molar-refractivity contribution in [3.63, 3.8) is 0 Å². The van der Waals surface area contributed by atoms with Crippen LogP contribution in [0.1, 0.15) is 87.1 Å².